The van der Waals surface area contributed by atoms with Crippen LogP contribution in [-0.4, -0.2) is 45.0 Å². The lowest BCUT2D eigenvalue weighted by molar-refractivity contribution is -0.159. The first kappa shape index (κ1) is 15.7. The molecule has 4 nitrogen and oxygen atoms in total. The van der Waals surface area contributed by atoms with Gasteiger partial charge in [0, 0.05) is 23.6 Å². The van der Waals surface area contributed by atoms with Crippen LogP contribution in [0.15, 0.2) is 24.3 Å². The number of phenols is 2. The van der Waals surface area contributed by atoms with Gasteiger partial charge in [0.2, 0.25) is 0 Å². The molecule has 3 fully saturated rings. The Morgan fingerprint density at radius 1 is 1.20 bits per heavy atom. The molecule has 134 valence electrons. The van der Waals surface area contributed by atoms with Gasteiger partial charge >= 0.3 is 0 Å². The molecule has 2 bridgehead atoms. The Balaban J connectivity index is 1.69. The number of piperidine rings is 1. The van der Waals surface area contributed by atoms with Crippen molar-refractivity contribution in [2.45, 2.75) is 62.0 Å². The van der Waals surface area contributed by atoms with E-state index in [1.165, 1.54) is 12.8 Å². The van der Waals surface area contributed by atoms with E-state index in [4.69, 9.17) is 0 Å². The number of aliphatic hydroxyl groups is 1. The van der Waals surface area contributed by atoms with Gasteiger partial charge in [-0.2, -0.15) is 0 Å². The van der Waals surface area contributed by atoms with Crippen LogP contribution in [0.2, 0.25) is 0 Å². The van der Waals surface area contributed by atoms with Gasteiger partial charge in [-0.25, -0.2) is 0 Å². The van der Waals surface area contributed by atoms with Crippen molar-refractivity contribution in [1.29, 1.82) is 0 Å². The van der Waals surface area contributed by atoms with Crippen molar-refractivity contribution in [3.05, 3.63) is 35.4 Å². The van der Waals surface area contributed by atoms with E-state index in [1.54, 1.807) is 6.07 Å². The summed E-state index contributed by atoms with van der Waals surface area (Å²) in [5.74, 6) is 0.689. The van der Waals surface area contributed by atoms with Gasteiger partial charge in [0.05, 0.1) is 5.60 Å². The largest absolute Gasteiger partial charge is 0.504 e. The van der Waals surface area contributed by atoms with Crippen molar-refractivity contribution in [3.63, 3.8) is 0 Å². The maximum absolute atomic E-state index is 12.0. The van der Waals surface area contributed by atoms with Gasteiger partial charge in [-0.15, -0.1) is 0 Å². The topological polar surface area (TPSA) is 63.9 Å². The quantitative estimate of drug-likeness (QED) is 0.572. The third kappa shape index (κ3) is 2.01. The third-order valence-corrected chi connectivity index (χ3v) is 7.38. The molecule has 3 aliphatic carbocycles. The van der Waals surface area contributed by atoms with E-state index in [0.717, 1.165) is 55.0 Å². The average Bonchev–Trinajstić information content (AvgIpc) is 3.38. The van der Waals surface area contributed by atoms with Crippen LogP contribution in [0.25, 0.3) is 0 Å². The molecule has 1 heterocycles. The van der Waals surface area contributed by atoms with E-state index in [-0.39, 0.29) is 17.5 Å². The second-order valence-electron chi connectivity index (χ2n) is 8.81. The number of nitrogens with zero attached hydrogens (tertiary/aromatic N) is 1. The number of hydrogen-bond acceptors (Lipinski definition) is 4. The van der Waals surface area contributed by atoms with Crippen LogP contribution in [0.5, 0.6) is 11.5 Å². The van der Waals surface area contributed by atoms with E-state index >= 15 is 0 Å². The Morgan fingerprint density at radius 3 is 2.76 bits per heavy atom. The highest BCUT2D eigenvalue weighted by molar-refractivity contribution is 5.58. The van der Waals surface area contributed by atoms with Crippen LogP contribution < -0.4 is 0 Å². The summed E-state index contributed by atoms with van der Waals surface area (Å²) in [4.78, 5) is 2.51. The molecule has 1 aromatic rings. The number of phenolic OH excluding ortho intramolecular Hbond substituents is 2. The van der Waals surface area contributed by atoms with Crippen molar-refractivity contribution in [2.24, 2.45) is 5.92 Å². The predicted octanol–water partition coefficient (Wildman–Crippen LogP) is 2.85. The minimum Gasteiger partial charge on any atom is -0.504 e. The molecular formula is C21H27NO3. The molecule has 0 radical (unpaired) electrons. The summed E-state index contributed by atoms with van der Waals surface area (Å²) in [6, 6.07) is 3.64. The average molecular weight is 341 g/mol. The van der Waals surface area contributed by atoms with Gasteiger partial charge < -0.3 is 15.3 Å². The standard InChI is InChI=1S/C21H27NO3/c1-13-6-7-21(25)17-10-15-4-5-16(23)19(24)18(15)20(21,11-13)8-9-22(17)12-14-2-3-14/h4-5,14,17,23-25H,1-3,6-12H2/t17-,20-,21-/m1/s1. The summed E-state index contributed by atoms with van der Waals surface area (Å²) in [6.45, 7) is 6.25. The first-order valence-electron chi connectivity index (χ1n) is 9.62. The SMILES string of the molecule is C=C1CC[C@@]2(O)[C@H]3Cc4ccc(O)c(O)c4[C@@]2(CCN3CC2CC2)C1. The minimum atomic E-state index is -0.848. The Hall–Kier alpha value is -1.52. The molecule has 4 heteroatoms. The Bertz CT molecular complexity index is 756. The van der Waals surface area contributed by atoms with Gasteiger partial charge in [0.1, 0.15) is 0 Å². The maximum atomic E-state index is 12.0. The molecule has 0 unspecified atom stereocenters. The van der Waals surface area contributed by atoms with Gasteiger partial charge in [0.15, 0.2) is 11.5 Å². The number of benzene rings is 1. The predicted molar refractivity (Wildman–Crippen MR) is 95.8 cm³/mol. The Labute approximate surface area is 148 Å². The number of likely N-dealkylation sites (tertiary alicyclic amines) is 1. The first-order chi connectivity index (χ1) is 11.9. The van der Waals surface area contributed by atoms with Crippen molar-refractivity contribution in [1.82, 2.24) is 4.90 Å². The minimum absolute atomic E-state index is 0.0280. The van der Waals surface area contributed by atoms with Crippen molar-refractivity contribution < 1.29 is 15.3 Å². The summed E-state index contributed by atoms with van der Waals surface area (Å²) in [5, 5.41) is 32.8. The lowest BCUT2D eigenvalue weighted by Crippen LogP contribution is -2.72. The van der Waals surface area contributed by atoms with Crippen LogP contribution in [-0.2, 0) is 11.8 Å². The second-order valence-corrected chi connectivity index (χ2v) is 8.81. The molecule has 1 saturated heterocycles. The third-order valence-electron chi connectivity index (χ3n) is 7.38. The fraction of sp³-hybridized carbons (Fsp3) is 0.619. The zero-order valence-corrected chi connectivity index (χ0v) is 14.7. The highest BCUT2D eigenvalue weighted by Crippen LogP contribution is 2.61. The second kappa shape index (κ2) is 5.01. The zero-order chi connectivity index (χ0) is 17.4. The molecule has 2 saturated carbocycles. The molecule has 1 aliphatic heterocycles. The smallest absolute Gasteiger partial charge is 0.161 e. The first-order valence-corrected chi connectivity index (χ1v) is 9.62. The number of hydrogen-bond donors (Lipinski definition) is 3. The van der Waals surface area contributed by atoms with E-state index in [1.807, 2.05) is 6.07 Å². The van der Waals surface area contributed by atoms with E-state index in [0.29, 0.717) is 12.8 Å². The molecule has 4 aliphatic rings. The fourth-order valence-corrected chi connectivity index (χ4v) is 5.97. The van der Waals surface area contributed by atoms with Crippen LogP contribution in [0.4, 0.5) is 0 Å². The molecule has 1 aromatic carbocycles. The monoisotopic (exact) mass is 341 g/mol. The van der Waals surface area contributed by atoms with Crippen molar-refractivity contribution in [3.8, 4) is 11.5 Å². The molecule has 0 spiro atoms. The summed E-state index contributed by atoms with van der Waals surface area (Å²) in [6.07, 6.45) is 6.45. The van der Waals surface area contributed by atoms with Crippen LogP contribution in [0, 0.1) is 5.92 Å². The highest BCUT2D eigenvalue weighted by Gasteiger charge is 2.64. The molecule has 25 heavy (non-hydrogen) atoms. The van der Waals surface area contributed by atoms with E-state index < -0.39 is 11.0 Å². The number of aromatic hydroxyl groups is 2. The van der Waals surface area contributed by atoms with Crippen molar-refractivity contribution in [2.75, 3.05) is 13.1 Å². The summed E-state index contributed by atoms with van der Waals surface area (Å²) in [7, 11) is 0. The maximum Gasteiger partial charge on any atom is 0.161 e. The van der Waals surface area contributed by atoms with Crippen molar-refractivity contribution >= 4 is 0 Å². The lowest BCUT2D eigenvalue weighted by Gasteiger charge is -2.64. The Morgan fingerprint density at radius 2 is 2.00 bits per heavy atom. The summed E-state index contributed by atoms with van der Waals surface area (Å²) in [5.41, 5.74) is 1.66. The van der Waals surface area contributed by atoms with E-state index in [2.05, 4.69) is 11.5 Å². The highest BCUT2D eigenvalue weighted by atomic mass is 16.3. The number of fused-ring (bicyclic) bond motifs is 1. The number of rotatable bonds is 2. The normalized spacial score (nSPS) is 37.5. The van der Waals surface area contributed by atoms with Crippen LogP contribution >= 0.6 is 0 Å². The number of allylic oxidation sites excluding steroid dienone is 1. The molecule has 0 amide bonds. The molecule has 3 N–H and O–H groups in total. The van der Waals surface area contributed by atoms with Gasteiger partial charge in [-0.3, -0.25) is 4.90 Å². The molecule has 5 rings (SSSR count). The molecular weight excluding hydrogens is 314 g/mol. The molecule has 3 atom stereocenters. The van der Waals surface area contributed by atoms with Crippen LogP contribution in [0.1, 0.15) is 49.7 Å². The Kier molecular flexibility index (Phi) is 3.15. The van der Waals surface area contributed by atoms with Gasteiger partial charge in [-0.05, 0) is 69.0 Å². The summed E-state index contributed by atoms with van der Waals surface area (Å²) >= 11 is 0. The zero-order valence-electron chi connectivity index (χ0n) is 14.7. The van der Waals surface area contributed by atoms with Crippen LogP contribution in [0.3, 0.4) is 0 Å². The van der Waals surface area contributed by atoms with Gasteiger partial charge in [0.25, 0.3) is 0 Å². The molecule has 0 aromatic heterocycles. The van der Waals surface area contributed by atoms with E-state index in [9.17, 15) is 15.3 Å². The summed E-state index contributed by atoms with van der Waals surface area (Å²) < 4.78 is 0. The van der Waals surface area contributed by atoms with Gasteiger partial charge in [-0.1, -0.05) is 18.2 Å². The fourth-order valence-electron chi connectivity index (χ4n) is 5.97. The lowest BCUT2D eigenvalue weighted by atomic mass is 9.49.